The van der Waals surface area contributed by atoms with Gasteiger partial charge in [0.25, 0.3) is 0 Å². The highest BCUT2D eigenvalue weighted by Gasteiger charge is 2.67. The van der Waals surface area contributed by atoms with E-state index in [9.17, 15) is 4.79 Å². The standard InChI is InChI=1S/C14H15ClN2O/c15-9-3-4-16-10(6-9)17-14(18)13-11-7-1-2-8(5-7)12(11)13/h3-4,6-8,11-13H,1-2,5H2,(H,16,17,18). The molecule has 0 saturated heterocycles. The number of amides is 1. The molecule has 0 aromatic carbocycles. The van der Waals surface area contributed by atoms with Gasteiger partial charge in [-0.1, -0.05) is 11.6 Å². The van der Waals surface area contributed by atoms with Crippen molar-refractivity contribution in [1.29, 1.82) is 0 Å². The highest BCUT2D eigenvalue weighted by Crippen LogP contribution is 2.69. The number of halogens is 1. The second kappa shape index (κ2) is 3.70. The van der Waals surface area contributed by atoms with E-state index in [0.717, 1.165) is 11.8 Å². The lowest BCUT2D eigenvalue weighted by Crippen LogP contribution is -2.19. The van der Waals surface area contributed by atoms with Crippen molar-refractivity contribution in [2.45, 2.75) is 19.3 Å². The van der Waals surface area contributed by atoms with Gasteiger partial charge in [-0.3, -0.25) is 4.79 Å². The van der Waals surface area contributed by atoms with Crippen LogP contribution in [0.5, 0.6) is 0 Å². The predicted octanol–water partition coefficient (Wildman–Crippen LogP) is 2.97. The lowest BCUT2D eigenvalue weighted by Gasteiger charge is -2.09. The summed E-state index contributed by atoms with van der Waals surface area (Å²) in [5.41, 5.74) is 0. The third-order valence-electron chi connectivity index (χ3n) is 5.01. The monoisotopic (exact) mass is 262 g/mol. The minimum atomic E-state index is 0.149. The summed E-state index contributed by atoms with van der Waals surface area (Å²) in [7, 11) is 0. The molecule has 3 saturated carbocycles. The van der Waals surface area contributed by atoms with Gasteiger partial charge in [0, 0.05) is 17.1 Å². The van der Waals surface area contributed by atoms with E-state index < -0.39 is 0 Å². The lowest BCUT2D eigenvalue weighted by molar-refractivity contribution is -0.118. The number of hydrogen-bond acceptors (Lipinski definition) is 2. The maximum Gasteiger partial charge on any atom is 0.229 e. The number of carbonyl (C=O) groups excluding carboxylic acids is 1. The van der Waals surface area contributed by atoms with Gasteiger partial charge < -0.3 is 5.32 Å². The Balaban J connectivity index is 1.47. The molecule has 0 aliphatic heterocycles. The van der Waals surface area contributed by atoms with Crippen LogP contribution in [0, 0.1) is 29.6 Å². The van der Waals surface area contributed by atoms with Crippen molar-refractivity contribution >= 4 is 23.3 Å². The van der Waals surface area contributed by atoms with Crippen LogP contribution in [0.25, 0.3) is 0 Å². The highest BCUT2D eigenvalue weighted by atomic mass is 35.5. The molecular weight excluding hydrogens is 248 g/mol. The van der Waals surface area contributed by atoms with Crippen LogP contribution in [0.15, 0.2) is 18.3 Å². The Morgan fingerprint density at radius 2 is 2.06 bits per heavy atom. The van der Waals surface area contributed by atoms with Gasteiger partial charge in [0.15, 0.2) is 0 Å². The second-order valence-corrected chi connectivity index (χ2v) is 6.30. The van der Waals surface area contributed by atoms with Crippen molar-refractivity contribution in [2.75, 3.05) is 5.32 Å². The Labute approximate surface area is 111 Å². The molecule has 1 aromatic heterocycles. The smallest absolute Gasteiger partial charge is 0.229 e. The molecular formula is C14H15ClN2O. The average molecular weight is 263 g/mol. The Kier molecular flexibility index (Phi) is 2.22. The highest BCUT2D eigenvalue weighted by molar-refractivity contribution is 6.30. The lowest BCUT2D eigenvalue weighted by atomic mass is 10.0. The molecule has 1 aromatic rings. The van der Waals surface area contributed by atoms with Gasteiger partial charge in [-0.15, -0.1) is 0 Å². The van der Waals surface area contributed by atoms with Crippen molar-refractivity contribution < 1.29 is 4.79 Å². The summed E-state index contributed by atoms with van der Waals surface area (Å²) in [6.45, 7) is 0. The summed E-state index contributed by atoms with van der Waals surface area (Å²) in [5, 5.41) is 3.52. The Morgan fingerprint density at radius 3 is 2.72 bits per heavy atom. The molecule has 2 bridgehead atoms. The van der Waals surface area contributed by atoms with E-state index in [4.69, 9.17) is 11.6 Å². The van der Waals surface area contributed by atoms with Gasteiger partial charge in [-0.05, 0) is 55.1 Å². The van der Waals surface area contributed by atoms with Crippen LogP contribution in [0.2, 0.25) is 5.02 Å². The van der Waals surface area contributed by atoms with Crippen LogP contribution in [-0.4, -0.2) is 10.9 Å². The molecule has 4 atom stereocenters. The van der Waals surface area contributed by atoms with E-state index in [1.54, 1.807) is 18.3 Å². The van der Waals surface area contributed by atoms with E-state index in [1.807, 2.05) is 0 Å². The second-order valence-electron chi connectivity index (χ2n) is 5.86. The van der Waals surface area contributed by atoms with Crippen LogP contribution >= 0.6 is 11.6 Å². The summed E-state index contributed by atoms with van der Waals surface area (Å²) in [6, 6.07) is 3.41. The van der Waals surface area contributed by atoms with Crippen molar-refractivity contribution in [2.24, 2.45) is 29.6 Å². The van der Waals surface area contributed by atoms with E-state index in [-0.39, 0.29) is 11.8 Å². The summed E-state index contributed by atoms with van der Waals surface area (Å²) in [5.74, 6) is 3.95. The van der Waals surface area contributed by atoms with E-state index in [2.05, 4.69) is 10.3 Å². The Bertz CT molecular complexity index is 502. The van der Waals surface area contributed by atoms with Crippen molar-refractivity contribution in [3.8, 4) is 0 Å². The molecule has 3 fully saturated rings. The number of nitrogens with one attached hydrogen (secondary N) is 1. The zero-order valence-corrected chi connectivity index (χ0v) is 10.7. The van der Waals surface area contributed by atoms with Crippen molar-refractivity contribution in [1.82, 2.24) is 4.98 Å². The number of rotatable bonds is 2. The first-order chi connectivity index (χ1) is 8.74. The largest absolute Gasteiger partial charge is 0.310 e. The molecule has 3 aliphatic rings. The molecule has 0 spiro atoms. The zero-order chi connectivity index (χ0) is 12.3. The first-order valence-corrected chi connectivity index (χ1v) is 7.04. The molecule has 0 radical (unpaired) electrons. The molecule has 4 heteroatoms. The summed E-state index contributed by atoms with van der Waals surface area (Å²) in [6.07, 6.45) is 5.67. The zero-order valence-electron chi connectivity index (χ0n) is 9.97. The number of anilines is 1. The maximum absolute atomic E-state index is 12.2. The molecule has 4 unspecified atom stereocenters. The quantitative estimate of drug-likeness (QED) is 0.890. The third kappa shape index (κ3) is 1.50. The minimum Gasteiger partial charge on any atom is -0.310 e. The van der Waals surface area contributed by atoms with Gasteiger partial charge in [0.2, 0.25) is 5.91 Å². The number of aromatic nitrogens is 1. The fourth-order valence-corrected chi connectivity index (χ4v) is 4.52. The normalized spacial score (nSPS) is 39.5. The number of hydrogen-bond donors (Lipinski definition) is 1. The molecule has 94 valence electrons. The molecule has 1 N–H and O–H groups in total. The van der Waals surface area contributed by atoms with Crippen LogP contribution in [-0.2, 0) is 4.79 Å². The number of nitrogens with zero attached hydrogens (tertiary/aromatic N) is 1. The van der Waals surface area contributed by atoms with E-state index in [1.165, 1.54) is 19.3 Å². The predicted molar refractivity (Wildman–Crippen MR) is 69.2 cm³/mol. The van der Waals surface area contributed by atoms with Gasteiger partial charge in [0.05, 0.1) is 0 Å². The first kappa shape index (κ1) is 10.8. The molecule has 1 heterocycles. The molecule has 3 nitrogen and oxygen atoms in total. The van der Waals surface area contributed by atoms with Gasteiger partial charge in [-0.2, -0.15) is 0 Å². The van der Waals surface area contributed by atoms with Crippen LogP contribution in [0.4, 0.5) is 5.82 Å². The molecule has 4 rings (SSSR count). The number of carbonyl (C=O) groups is 1. The topological polar surface area (TPSA) is 42.0 Å². The maximum atomic E-state index is 12.2. The fourth-order valence-electron chi connectivity index (χ4n) is 4.36. The van der Waals surface area contributed by atoms with E-state index in [0.29, 0.717) is 22.7 Å². The third-order valence-corrected chi connectivity index (χ3v) is 5.25. The Morgan fingerprint density at radius 1 is 1.33 bits per heavy atom. The number of pyridine rings is 1. The molecule has 1 amide bonds. The SMILES string of the molecule is O=C(Nc1cc(Cl)ccn1)C1C2C3CCC(C3)C12. The Hall–Kier alpha value is -1.09. The van der Waals surface area contributed by atoms with Crippen molar-refractivity contribution in [3.63, 3.8) is 0 Å². The fraction of sp³-hybridized carbons (Fsp3) is 0.571. The van der Waals surface area contributed by atoms with Crippen LogP contribution in [0.3, 0.4) is 0 Å². The van der Waals surface area contributed by atoms with Crippen molar-refractivity contribution in [3.05, 3.63) is 23.4 Å². The van der Waals surface area contributed by atoms with E-state index >= 15 is 0 Å². The number of fused-ring (bicyclic) bond motifs is 5. The summed E-state index contributed by atoms with van der Waals surface area (Å²) >= 11 is 5.88. The van der Waals surface area contributed by atoms with Gasteiger partial charge >= 0.3 is 0 Å². The first-order valence-electron chi connectivity index (χ1n) is 6.66. The minimum absolute atomic E-state index is 0.149. The van der Waals surface area contributed by atoms with Gasteiger partial charge in [-0.25, -0.2) is 4.98 Å². The average Bonchev–Trinajstić information content (AvgIpc) is 2.79. The van der Waals surface area contributed by atoms with Gasteiger partial charge in [0.1, 0.15) is 5.82 Å². The van der Waals surface area contributed by atoms with Crippen LogP contribution in [0.1, 0.15) is 19.3 Å². The summed E-state index contributed by atoms with van der Waals surface area (Å²) in [4.78, 5) is 16.3. The van der Waals surface area contributed by atoms with Crippen LogP contribution < -0.4 is 5.32 Å². The molecule has 18 heavy (non-hydrogen) atoms. The molecule has 3 aliphatic carbocycles. The summed E-state index contributed by atoms with van der Waals surface area (Å²) < 4.78 is 0.